The highest BCUT2D eigenvalue weighted by Crippen LogP contribution is 2.22. The van der Waals surface area contributed by atoms with Crippen molar-refractivity contribution in [3.63, 3.8) is 0 Å². The van der Waals surface area contributed by atoms with E-state index in [1.54, 1.807) is 0 Å². The second-order valence-electron chi connectivity index (χ2n) is 11.3. The number of pyridine rings is 3. The molecular formula is C36H36N6. The number of rotatable bonds is 6. The van der Waals surface area contributed by atoms with Crippen LogP contribution >= 0.6 is 0 Å². The molecule has 1 fully saturated rings. The molecule has 4 heterocycles. The van der Waals surface area contributed by atoms with E-state index in [9.17, 15) is 0 Å². The Morgan fingerprint density at radius 1 is 0.381 bits per heavy atom. The molecule has 0 bridgehead atoms. The van der Waals surface area contributed by atoms with Crippen molar-refractivity contribution in [2.45, 2.75) is 19.6 Å². The smallest absolute Gasteiger partial charge is 0.0622 e. The lowest BCUT2D eigenvalue weighted by molar-refractivity contribution is 0.208. The van der Waals surface area contributed by atoms with Gasteiger partial charge in [0.25, 0.3) is 0 Å². The minimum absolute atomic E-state index is 0.835. The first kappa shape index (κ1) is 26.7. The molecule has 6 heteroatoms. The van der Waals surface area contributed by atoms with E-state index in [1.807, 2.05) is 18.6 Å². The largest absolute Gasteiger partial charge is 0.295 e. The first-order valence-electron chi connectivity index (χ1n) is 15.0. The van der Waals surface area contributed by atoms with Crippen molar-refractivity contribution in [2.24, 2.45) is 0 Å². The van der Waals surface area contributed by atoms with E-state index in [1.165, 1.54) is 32.3 Å². The highest BCUT2D eigenvalue weighted by Gasteiger charge is 2.20. The lowest BCUT2D eigenvalue weighted by Gasteiger charge is -2.26. The summed E-state index contributed by atoms with van der Waals surface area (Å²) in [6.07, 6.45) is 5.85. The number of aromatic nitrogens is 3. The van der Waals surface area contributed by atoms with Gasteiger partial charge in [-0.25, -0.2) is 0 Å². The topological polar surface area (TPSA) is 48.4 Å². The molecule has 210 valence electrons. The van der Waals surface area contributed by atoms with Crippen molar-refractivity contribution in [3.05, 3.63) is 127 Å². The Morgan fingerprint density at radius 3 is 0.976 bits per heavy atom. The zero-order valence-corrected chi connectivity index (χ0v) is 23.9. The van der Waals surface area contributed by atoms with Crippen molar-refractivity contribution in [1.29, 1.82) is 0 Å². The lowest BCUT2D eigenvalue weighted by Crippen LogP contribution is -2.35. The van der Waals surface area contributed by atoms with E-state index in [0.717, 1.165) is 76.0 Å². The van der Waals surface area contributed by atoms with Crippen LogP contribution < -0.4 is 0 Å². The molecule has 3 aromatic heterocycles. The molecule has 1 aliphatic rings. The van der Waals surface area contributed by atoms with Crippen molar-refractivity contribution in [2.75, 3.05) is 39.3 Å². The molecule has 1 aliphatic heterocycles. The van der Waals surface area contributed by atoms with E-state index in [4.69, 9.17) is 15.0 Å². The standard InChI is InChI=1S/C36H36N6/c1-4-10-31-28(7-1)13-16-37-34(31)25-40-19-21-41(26-35-32-11-5-2-8-29(32)14-17-38-35)23-24-42(22-20-40)27-36-33-12-6-3-9-30(33)15-18-39-36/h1-18H,19-27H2. The summed E-state index contributed by atoms with van der Waals surface area (Å²) in [7, 11) is 0. The molecule has 0 N–H and O–H groups in total. The quantitative estimate of drug-likeness (QED) is 0.247. The minimum atomic E-state index is 0.835. The van der Waals surface area contributed by atoms with Crippen molar-refractivity contribution >= 4 is 32.3 Å². The van der Waals surface area contributed by atoms with Crippen LogP contribution in [0.15, 0.2) is 110 Å². The summed E-state index contributed by atoms with van der Waals surface area (Å²) in [6.45, 7) is 8.40. The lowest BCUT2D eigenvalue weighted by atomic mass is 10.1. The van der Waals surface area contributed by atoms with Crippen LogP contribution in [0.5, 0.6) is 0 Å². The van der Waals surface area contributed by atoms with Gasteiger partial charge in [-0.1, -0.05) is 72.8 Å². The van der Waals surface area contributed by atoms with Crippen LogP contribution in [0, 0.1) is 0 Å². The maximum atomic E-state index is 4.83. The Kier molecular flexibility index (Phi) is 7.83. The fraction of sp³-hybridized carbons (Fsp3) is 0.250. The molecule has 0 spiro atoms. The Labute approximate surface area is 247 Å². The van der Waals surface area contributed by atoms with Crippen LogP contribution in [0.4, 0.5) is 0 Å². The molecule has 6 aromatic rings. The summed E-state index contributed by atoms with van der Waals surface area (Å²) >= 11 is 0. The highest BCUT2D eigenvalue weighted by molar-refractivity contribution is 5.85. The van der Waals surface area contributed by atoms with E-state index in [2.05, 4.69) is 106 Å². The summed E-state index contributed by atoms with van der Waals surface area (Å²) in [5.74, 6) is 0. The molecule has 42 heavy (non-hydrogen) atoms. The SMILES string of the molecule is c1ccc2c(CN3CCN(Cc4nccc5ccccc45)CCN(Cc4nccc5ccccc45)CC3)nccc2c1. The van der Waals surface area contributed by atoms with Crippen molar-refractivity contribution < 1.29 is 0 Å². The molecule has 0 radical (unpaired) electrons. The average Bonchev–Trinajstić information content (AvgIpc) is 3.13. The second kappa shape index (κ2) is 12.3. The first-order chi connectivity index (χ1) is 20.8. The van der Waals surface area contributed by atoms with E-state index < -0.39 is 0 Å². The maximum Gasteiger partial charge on any atom is 0.0622 e. The van der Waals surface area contributed by atoms with Gasteiger partial charge in [0.15, 0.2) is 0 Å². The highest BCUT2D eigenvalue weighted by atomic mass is 15.3. The molecule has 0 saturated carbocycles. The van der Waals surface area contributed by atoms with E-state index >= 15 is 0 Å². The number of fused-ring (bicyclic) bond motifs is 3. The van der Waals surface area contributed by atoms with Gasteiger partial charge in [-0.3, -0.25) is 29.7 Å². The monoisotopic (exact) mass is 552 g/mol. The van der Waals surface area contributed by atoms with Crippen LogP contribution in [-0.4, -0.2) is 68.9 Å². The minimum Gasteiger partial charge on any atom is -0.295 e. The fourth-order valence-corrected chi connectivity index (χ4v) is 6.22. The molecule has 0 amide bonds. The summed E-state index contributed by atoms with van der Waals surface area (Å²) in [6, 6.07) is 32.1. The third-order valence-electron chi connectivity index (χ3n) is 8.59. The molecule has 0 aliphatic carbocycles. The predicted octanol–water partition coefficient (Wildman–Crippen LogP) is 6.15. The van der Waals surface area contributed by atoms with Gasteiger partial charge in [0.2, 0.25) is 0 Å². The van der Waals surface area contributed by atoms with Crippen molar-refractivity contribution in [3.8, 4) is 0 Å². The Morgan fingerprint density at radius 2 is 0.667 bits per heavy atom. The zero-order valence-electron chi connectivity index (χ0n) is 23.9. The van der Waals surface area contributed by atoms with Crippen LogP contribution in [0.25, 0.3) is 32.3 Å². The molecule has 0 unspecified atom stereocenters. The van der Waals surface area contributed by atoms with Gasteiger partial charge < -0.3 is 0 Å². The predicted molar refractivity (Wildman–Crippen MR) is 171 cm³/mol. The average molecular weight is 553 g/mol. The Balaban J connectivity index is 1.16. The molecule has 3 aromatic carbocycles. The number of benzene rings is 3. The normalized spacial score (nSPS) is 16.0. The van der Waals surface area contributed by atoms with Gasteiger partial charge in [-0.15, -0.1) is 0 Å². The summed E-state index contributed by atoms with van der Waals surface area (Å²) in [4.78, 5) is 22.2. The third kappa shape index (κ3) is 5.88. The van der Waals surface area contributed by atoms with Crippen molar-refractivity contribution in [1.82, 2.24) is 29.7 Å². The molecule has 1 saturated heterocycles. The van der Waals surface area contributed by atoms with Crippen LogP contribution in [0.2, 0.25) is 0 Å². The summed E-state index contributed by atoms with van der Waals surface area (Å²) < 4.78 is 0. The molecule has 6 nitrogen and oxygen atoms in total. The molecule has 0 atom stereocenters. The number of hydrogen-bond acceptors (Lipinski definition) is 6. The Hall–Kier alpha value is -4.23. The van der Waals surface area contributed by atoms with E-state index in [-0.39, 0.29) is 0 Å². The second-order valence-corrected chi connectivity index (χ2v) is 11.3. The van der Waals surface area contributed by atoms with Gasteiger partial charge in [-0.05, 0) is 34.4 Å². The number of hydrogen-bond donors (Lipinski definition) is 0. The summed E-state index contributed by atoms with van der Waals surface area (Å²) in [5.41, 5.74) is 3.45. The zero-order chi connectivity index (χ0) is 28.1. The third-order valence-corrected chi connectivity index (χ3v) is 8.59. The molecular weight excluding hydrogens is 516 g/mol. The maximum absolute atomic E-state index is 4.83. The van der Waals surface area contributed by atoms with Gasteiger partial charge in [0, 0.05) is 93.7 Å². The molecule has 7 rings (SSSR count). The van der Waals surface area contributed by atoms with E-state index in [0.29, 0.717) is 0 Å². The van der Waals surface area contributed by atoms with Crippen LogP contribution in [0.1, 0.15) is 17.1 Å². The van der Waals surface area contributed by atoms with Gasteiger partial charge in [0.1, 0.15) is 0 Å². The van der Waals surface area contributed by atoms with Gasteiger partial charge >= 0.3 is 0 Å². The number of nitrogens with zero attached hydrogens (tertiary/aromatic N) is 6. The van der Waals surface area contributed by atoms with Crippen LogP contribution in [0.3, 0.4) is 0 Å². The Bertz CT molecular complexity index is 1580. The van der Waals surface area contributed by atoms with Gasteiger partial charge in [-0.2, -0.15) is 0 Å². The summed E-state index contributed by atoms with van der Waals surface area (Å²) in [5, 5.41) is 7.48. The van der Waals surface area contributed by atoms with Gasteiger partial charge in [0.05, 0.1) is 17.1 Å². The van der Waals surface area contributed by atoms with Crippen LogP contribution in [-0.2, 0) is 19.6 Å². The first-order valence-corrected chi connectivity index (χ1v) is 15.0. The fourth-order valence-electron chi connectivity index (χ4n) is 6.22.